The van der Waals surface area contributed by atoms with Crippen molar-refractivity contribution in [2.24, 2.45) is 0 Å². The van der Waals surface area contributed by atoms with Gasteiger partial charge >= 0.3 is 5.97 Å². The zero-order valence-electron chi connectivity index (χ0n) is 12.9. The fourth-order valence-electron chi connectivity index (χ4n) is 2.67. The van der Waals surface area contributed by atoms with Gasteiger partial charge in [-0.3, -0.25) is 0 Å². The molecule has 8 heteroatoms. The van der Waals surface area contributed by atoms with Crippen molar-refractivity contribution in [3.8, 4) is 5.75 Å². The maximum atomic E-state index is 12.2. The molecule has 0 unspecified atom stereocenters. The fraction of sp³-hybridized carbons (Fsp3) is 0.438. The maximum Gasteiger partial charge on any atom is 0.343 e. The number of aliphatic hydroxyl groups excluding tert-OH is 3. The Balaban J connectivity index is 1.83. The molecule has 4 atom stereocenters. The molecule has 24 heavy (non-hydrogen) atoms. The van der Waals surface area contributed by atoms with Crippen LogP contribution < -0.4 is 9.72 Å². The minimum absolute atomic E-state index is 0.190. The number of hydrogen-bond acceptors (Lipinski definition) is 7. The molecule has 1 aliphatic heterocycles. The van der Waals surface area contributed by atoms with Crippen LogP contribution in [0.15, 0.2) is 24.4 Å². The number of fused-ring (bicyclic) bond motifs is 1. The molecule has 4 N–H and O–H groups in total. The molecule has 3 rings (SSSR count). The number of aryl methyl sites for hydroxylation is 1. The van der Waals surface area contributed by atoms with Gasteiger partial charge in [0, 0.05) is 5.39 Å². The highest BCUT2D eigenvalue weighted by Crippen LogP contribution is 2.31. The number of ether oxygens (including phenoxy) is 2. The number of carbonyl (C=O) groups excluding carboxylic acids is 1. The van der Waals surface area contributed by atoms with Crippen molar-refractivity contribution in [3.05, 3.63) is 30.0 Å². The molecule has 1 aromatic carbocycles. The SMILES string of the molecule is CCc1ccc2[n-]cc(OC(=O)[C@@H]3O[C@@](O)(CO)[C@H](O)[C@H]3O)c2c1. The van der Waals surface area contributed by atoms with Crippen molar-refractivity contribution in [2.75, 3.05) is 6.61 Å². The van der Waals surface area contributed by atoms with Gasteiger partial charge in [0.05, 0.1) is 6.61 Å². The van der Waals surface area contributed by atoms with Gasteiger partial charge in [-0.1, -0.05) is 19.1 Å². The number of nitrogens with zero attached hydrogens (tertiary/aromatic N) is 1. The summed E-state index contributed by atoms with van der Waals surface area (Å²) < 4.78 is 10.1. The number of carbonyl (C=O) groups is 1. The van der Waals surface area contributed by atoms with Crippen LogP contribution in [0.5, 0.6) is 5.75 Å². The van der Waals surface area contributed by atoms with Gasteiger partial charge in [0.15, 0.2) is 6.10 Å². The summed E-state index contributed by atoms with van der Waals surface area (Å²) in [5.74, 6) is -3.22. The van der Waals surface area contributed by atoms with Crippen molar-refractivity contribution >= 4 is 16.9 Å². The highest BCUT2D eigenvalue weighted by Gasteiger charge is 2.56. The number of rotatable bonds is 4. The van der Waals surface area contributed by atoms with Gasteiger partial charge in [-0.05, 0) is 18.1 Å². The van der Waals surface area contributed by atoms with E-state index >= 15 is 0 Å². The van der Waals surface area contributed by atoms with Gasteiger partial charge in [0.2, 0.25) is 5.79 Å². The maximum absolute atomic E-state index is 12.2. The lowest BCUT2D eigenvalue weighted by molar-refractivity contribution is -0.246. The summed E-state index contributed by atoms with van der Waals surface area (Å²) in [6.45, 7) is 1.01. The van der Waals surface area contributed by atoms with Crippen molar-refractivity contribution in [1.29, 1.82) is 0 Å². The number of aliphatic hydroxyl groups is 4. The standard InChI is InChI=1S/C16H18NO7/c1-2-8-3-4-10-9(5-8)11(6-17-10)23-15(21)13-12(19)14(20)16(22,7-18)24-13/h3-6,12-14,18-20,22H,2,7H2,1H3/q-1/t12-,13+,14+,16-/m0/s1. The Morgan fingerprint density at radius 1 is 1.42 bits per heavy atom. The summed E-state index contributed by atoms with van der Waals surface area (Å²) in [6, 6.07) is 5.57. The summed E-state index contributed by atoms with van der Waals surface area (Å²) >= 11 is 0. The summed E-state index contributed by atoms with van der Waals surface area (Å²) in [5.41, 5.74) is 1.69. The van der Waals surface area contributed by atoms with Crippen LogP contribution in [-0.4, -0.2) is 57.1 Å². The summed E-state index contributed by atoms with van der Waals surface area (Å²) in [5, 5.41) is 39.1. The van der Waals surface area contributed by atoms with Crippen molar-refractivity contribution < 1.29 is 34.7 Å². The van der Waals surface area contributed by atoms with Crippen LogP contribution in [0.1, 0.15) is 12.5 Å². The normalized spacial score (nSPS) is 30.0. The molecule has 0 radical (unpaired) electrons. The minimum atomic E-state index is -2.41. The smallest absolute Gasteiger partial charge is 0.343 e. The lowest BCUT2D eigenvalue weighted by Crippen LogP contribution is -2.46. The molecule has 2 aromatic rings. The first kappa shape index (κ1) is 16.9. The second-order valence-corrected chi connectivity index (χ2v) is 5.73. The molecule has 0 aliphatic carbocycles. The lowest BCUT2D eigenvalue weighted by Gasteiger charge is -2.22. The number of esters is 1. The summed E-state index contributed by atoms with van der Waals surface area (Å²) in [6.07, 6.45) is -3.01. The van der Waals surface area contributed by atoms with Crippen LogP contribution in [-0.2, 0) is 16.0 Å². The first-order valence-corrected chi connectivity index (χ1v) is 7.53. The van der Waals surface area contributed by atoms with Crippen molar-refractivity contribution in [3.63, 3.8) is 0 Å². The van der Waals surface area contributed by atoms with E-state index in [1.54, 1.807) is 6.07 Å². The molecule has 0 spiro atoms. The largest absolute Gasteiger partial charge is 0.661 e. The van der Waals surface area contributed by atoms with Crippen LogP contribution in [0.3, 0.4) is 0 Å². The molecule has 1 fully saturated rings. The first-order chi connectivity index (χ1) is 11.4. The highest BCUT2D eigenvalue weighted by atomic mass is 16.7. The molecular formula is C16H18NO7-. The van der Waals surface area contributed by atoms with E-state index in [0.717, 1.165) is 12.0 Å². The average molecular weight is 336 g/mol. The van der Waals surface area contributed by atoms with Gasteiger partial charge in [-0.25, -0.2) is 4.79 Å². The van der Waals surface area contributed by atoms with E-state index in [-0.39, 0.29) is 5.75 Å². The molecule has 1 aliphatic rings. The minimum Gasteiger partial charge on any atom is -0.661 e. The topological polar surface area (TPSA) is 131 Å². The van der Waals surface area contributed by atoms with E-state index < -0.39 is 36.7 Å². The quantitative estimate of drug-likeness (QED) is 0.527. The Morgan fingerprint density at radius 3 is 2.79 bits per heavy atom. The molecule has 0 amide bonds. The van der Waals surface area contributed by atoms with E-state index in [0.29, 0.717) is 10.9 Å². The van der Waals surface area contributed by atoms with Crippen LogP contribution >= 0.6 is 0 Å². The van der Waals surface area contributed by atoms with Crippen LogP contribution in [0.2, 0.25) is 0 Å². The second kappa shape index (κ2) is 6.15. The van der Waals surface area contributed by atoms with Gasteiger partial charge in [0.25, 0.3) is 0 Å². The Morgan fingerprint density at radius 2 is 2.17 bits per heavy atom. The second-order valence-electron chi connectivity index (χ2n) is 5.73. The van der Waals surface area contributed by atoms with Crippen LogP contribution in [0, 0.1) is 0 Å². The first-order valence-electron chi connectivity index (χ1n) is 7.53. The molecule has 2 heterocycles. The Bertz CT molecular complexity index is 758. The van der Waals surface area contributed by atoms with Gasteiger partial charge in [-0.15, -0.1) is 11.7 Å². The monoisotopic (exact) mass is 336 g/mol. The number of benzene rings is 1. The highest BCUT2D eigenvalue weighted by molar-refractivity contribution is 5.90. The third-order valence-electron chi connectivity index (χ3n) is 4.15. The van der Waals surface area contributed by atoms with E-state index in [4.69, 9.17) is 14.6 Å². The Kier molecular flexibility index (Phi) is 4.33. The van der Waals surface area contributed by atoms with Crippen molar-refractivity contribution in [2.45, 2.75) is 37.4 Å². The molecular weight excluding hydrogens is 318 g/mol. The Hall–Kier alpha value is -1.97. The lowest BCUT2D eigenvalue weighted by atomic mass is 10.1. The molecule has 0 bridgehead atoms. The van der Waals surface area contributed by atoms with Crippen LogP contribution in [0.4, 0.5) is 0 Å². The van der Waals surface area contributed by atoms with E-state index in [1.807, 2.05) is 19.1 Å². The zero-order valence-corrected chi connectivity index (χ0v) is 12.9. The van der Waals surface area contributed by atoms with Gasteiger partial charge < -0.3 is 34.9 Å². The number of hydrogen-bond donors (Lipinski definition) is 4. The van der Waals surface area contributed by atoms with Gasteiger partial charge in [0.1, 0.15) is 18.0 Å². The number of aromatic nitrogens is 1. The van der Waals surface area contributed by atoms with E-state index in [2.05, 4.69) is 4.98 Å². The van der Waals surface area contributed by atoms with E-state index in [1.165, 1.54) is 6.20 Å². The van der Waals surface area contributed by atoms with E-state index in [9.17, 15) is 20.1 Å². The third-order valence-corrected chi connectivity index (χ3v) is 4.15. The van der Waals surface area contributed by atoms with Crippen LogP contribution in [0.25, 0.3) is 10.9 Å². The third kappa shape index (κ3) is 2.68. The molecule has 130 valence electrons. The average Bonchev–Trinajstić information content (AvgIpc) is 3.09. The van der Waals surface area contributed by atoms with Gasteiger partial charge in [-0.2, -0.15) is 0 Å². The summed E-state index contributed by atoms with van der Waals surface area (Å²) in [7, 11) is 0. The predicted octanol–water partition coefficient (Wildman–Crippen LogP) is -0.934. The molecule has 1 aromatic heterocycles. The van der Waals surface area contributed by atoms with Crippen molar-refractivity contribution in [1.82, 2.24) is 4.98 Å². The zero-order chi connectivity index (χ0) is 17.5. The molecule has 8 nitrogen and oxygen atoms in total. The predicted molar refractivity (Wildman–Crippen MR) is 81.2 cm³/mol. The summed E-state index contributed by atoms with van der Waals surface area (Å²) in [4.78, 5) is 16.4. The molecule has 1 saturated heterocycles. The fourth-order valence-corrected chi connectivity index (χ4v) is 2.67. The molecule has 0 saturated carbocycles. The Labute approximate surface area is 137 Å².